The summed E-state index contributed by atoms with van der Waals surface area (Å²) < 4.78 is 44.3. The van der Waals surface area contributed by atoms with Crippen LogP contribution in [0.4, 0.5) is 18.9 Å². The van der Waals surface area contributed by atoms with E-state index in [1.807, 2.05) is 6.92 Å². The van der Waals surface area contributed by atoms with Gasteiger partial charge in [0, 0.05) is 13.1 Å². The van der Waals surface area contributed by atoms with Gasteiger partial charge in [-0.2, -0.15) is 0 Å². The number of amides is 1. The molecule has 0 radical (unpaired) electrons. The van der Waals surface area contributed by atoms with Gasteiger partial charge in [0.25, 0.3) is 0 Å². The quantitative estimate of drug-likeness (QED) is 0.816. The predicted octanol–water partition coefficient (Wildman–Crippen LogP) is 1.42. The SMILES string of the molecule is CC1(OCC(=O)Nc2ccc(F)c(F)c2F)CNC1. The first-order chi connectivity index (χ1) is 8.91. The Morgan fingerprint density at radius 3 is 2.63 bits per heavy atom. The van der Waals surface area contributed by atoms with Crippen LogP contribution in [0.5, 0.6) is 0 Å². The molecule has 1 aliphatic heterocycles. The smallest absolute Gasteiger partial charge is 0.250 e. The van der Waals surface area contributed by atoms with E-state index in [2.05, 4.69) is 10.6 Å². The number of carbonyl (C=O) groups is 1. The first-order valence-electron chi connectivity index (χ1n) is 5.69. The molecule has 0 saturated carbocycles. The molecule has 19 heavy (non-hydrogen) atoms. The van der Waals surface area contributed by atoms with E-state index in [0.29, 0.717) is 13.1 Å². The van der Waals surface area contributed by atoms with Crippen LogP contribution in [0.3, 0.4) is 0 Å². The Balaban J connectivity index is 1.93. The third kappa shape index (κ3) is 3.05. The topological polar surface area (TPSA) is 50.4 Å². The number of rotatable bonds is 4. The van der Waals surface area contributed by atoms with Crippen LogP contribution in [0.15, 0.2) is 12.1 Å². The highest BCUT2D eigenvalue weighted by molar-refractivity contribution is 5.91. The molecule has 0 atom stereocenters. The molecule has 7 heteroatoms. The van der Waals surface area contributed by atoms with Crippen molar-refractivity contribution in [3.8, 4) is 0 Å². The van der Waals surface area contributed by atoms with Crippen LogP contribution in [0.2, 0.25) is 0 Å². The van der Waals surface area contributed by atoms with Crippen molar-refractivity contribution < 1.29 is 22.7 Å². The van der Waals surface area contributed by atoms with Gasteiger partial charge in [0.2, 0.25) is 5.91 Å². The monoisotopic (exact) mass is 274 g/mol. The van der Waals surface area contributed by atoms with Crippen molar-refractivity contribution in [2.24, 2.45) is 0 Å². The van der Waals surface area contributed by atoms with Crippen molar-refractivity contribution in [3.05, 3.63) is 29.6 Å². The lowest BCUT2D eigenvalue weighted by atomic mass is 10.0. The number of ether oxygens (including phenoxy) is 1. The summed E-state index contributed by atoms with van der Waals surface area (Å²) in [6.45, 7) is 2.80. The second-order valence-corrected chi connectivity index (χ2v) is 4.61. The van der Waals surface area contributed by atoms with Gasteiger partial charge in [0.05, 0.1) is 11.3 Å². The van der Waals surface area contributed by atoms with Gasteiger partial charge in [-0.25, -0.2) is 13.2 Å². The molecule has 2 N–H and O–H groups in total. The van der Waals surface area contributed by atoms with Crippen LogP contribution >= 0.6 is 0 Å². The van der Waals surface area contributed by atoms with Gasteiger partial charge in [0.1, 0.15) is 6.61 Å². The fourth-order valence-electron chi connectivity index (χ4n) is 1.63. The summed E-state index contributed by atoms with van der Waals surface area (Å²) in [4.78, 5) is 11.5. The molecule has 104 valence electrons. The Morgan fingerprint density at radius 2 is 2.05 bits per heavy atom. The van der Waals surface area contributed by atoms with Crippen LogP contribution in [-0.4, -0.2) is 31.2 Å². The van der Waals surface area contributed by atoms with Gasteiger partial charge < -0.3 is 15.4 Å². The Kier molecular flexibility index (Phi) is 3.77. The third-order valence-electron chi connectivity index (χ3n) is 2.86. The van der Waals surface area contributed by atoms with Crippen LogP contribution in [-0.2, 0) is 9.53 Å². The van der Waals surface area contributed by atoms with Crippen LogP contribution in [0.25, 0.3) is 0 Å². The van der Waals surface area contributed by atoms with Crippen molar-refractivity contribution >= 4 is 11.6 Å². The van der Waals surface area contributed by atoms with E-state index in [4.69, 9.17) is 4.74 Å². The molecule has 1 heterocycles. The maximum atomic E-state index is 13.3. The molecule has 0 spiro atoms. The first kappa shape index (κ1) is 13.8. The minimum Gasteiger partial charge on any atom is -0.363 e. The lowest BCUT2D eigenvalue weighted by Gasteiger charge is -2.38. The molecule has 0 bridgehead atoms. The van der Waals surface area contributed by atoms with E-state index in [9.17, 15) is 18.0 Å². The Bertz CT molecular complexity index is 504. The Labute approximate surface area is 107 Å². The summed E-state index contributed by atoms with van der Waals surface area (Å²) in [5.74, 6) is -4.98. The maximum absolute atomic E-state index is 13.3. The van der Waals surface area contributed by atoms with Gasteiger partial charge in [-0.05, 0) is 19.1 Å². The van der Waals surface area contributed by atoms with Gasteiger partial charge >= 0.3 is 0 Å². The van der Waals surface area contributed by atoms with Crippen molar-refractivity contribution in [2.75, 3.05) is 25.0 Å². The van der Waals surface area contributed by atoms with E-state index in [1.165, 1.54) is 0 Å². The summed E-state index contributed by atoms with van der Waals surface area (Å²) in [5, 5.41) is 5.12. The normalized spacial score (nSPS) is 16.8. The largest absolute Gasteiger partial charge is 0.363 e. The van der Waals surface area contributed by atoms with Crippen LogP contribution in [0, 0.1) is 17.5 Å². The summed E-state index contributed by atoms with van der Waals surface area (Å²) in [6.07, 6.45) is 0. The van der Waals surface area contributed by atoms with Gasteiger partial charge in [-0.3, -0.25) is 4.79 Å². The number of nitrogens with one attached hydrogen (secondary N) is 2. The molecule has 4 nitrogen and oxygen atoms in total. The highest BCUT2D eigenvalue weighted by Gasteiger charge is 2.33. The molecule has 2 rings (SSSR count). The molecule has 1 aromatic rings. The molecule has 1 aliphatic rings. The van der Waals surface area contributed by atoms with Crippen molar-refractivity contribution in [2.45, 2.75) is 12.5 Å². The number of anilines is 1. The average Bonchev–Trinajstić information content (AvgIpc) is 2.35. The number of hydrogen-bond donors (Lipinski definition) is 2. The lowest BCUT2D eigenvalue weighted by molar-refractivity contribution is -0.130. The molecular formula is C12H13F3N2O2. The molecule has 1 fully saturated rings. The standard InChI is InChI=1S/C12H13F3N2O2/c1-12(5-16-6-12)19-4-9(18)17-8-3-2-7(13)10(14)11(8)15/h2-3,16H,4-6H2,1H3,(H,17,18). The number of carbonyl (C=O) groups excluding carboxylic acids is 1. The number of hydrogen-bond acceptors (Lipinski definition) is 3. The van der Waals surface area contributed by atoms with Crippen molar-refractivity contribution in [1.29, 1.82) is 0 Å². The van der Waals surface area contributed by atoms with Gasteiger partial charge in [0.15, 0.2) is 17.5 Å². The predicted molar refractivity (Wildman–Crippen MR) is 62.2 cm³/mol. The molecule has 0 aromatic heterocycles. The zero-order chi connectivity index (χ0) is 14.0. The van der Waals surface area contributed by atoms with E-state index in [-0.39, 0.29) is 6.61 Å². The van der Waals surface area contributed by atoms with Crippen molar-refractivity contribution in [3.63, 3.8) is 0 Å². The maximum Gasteiger partial charge on any atom is 0.250 e. The molecule has 0 unspecified atom stereocenters. The second-order valence-electron chi connectivity index (χ2n) is 4.61. The number of halogens is 3. The summed E-state index contributed by atoms with van der Waals surface area (Å²) in [6, 6.07) is 1.70. The fraction of sp³-hybridized carbons (Fsp3) is 0.417. The van der Waals surface area contributed by atoms with E-state index < -0.39 is 34.6 Å². The van der Waals surface area contributed by atoms with Gasteiger partial charge in [-0.15, -0.1) is 0 Å². The van der Waals surface area contributed by atoms with E-state index in [0.717, 1.165) is 12.1 Å². The lowest BCUT2D eigenvalue weighted by Crippen LogP contribution is -2.59. The average molecular weight is 274 g/mol. The zero-order valence-corrected chi connectivity index (χ0v) is 10.2. The minimum atomic E-state index is -1.62. The zero-order valence-electron chi connectivity index (χ0n) is 10.2. The fourth-order valence-corrected chi connectivity index (χ4v) is 1.63. The van der Waals surface area contributed by atoms with E-state index in [1.54, 1.807) is 0 Å². The second kappa shape index (κ2) is 5.18. The molecular weight excluding hydrogens is 261 g/mol. The summed E-state index contributed by atoms with van der Waals surface area (Å²) >= 11 is 0. The molecule has 1 amide bonds. The molecule has 0 aliphatic carbocycles. The van der Waals surface area contributed by atoms with Crippen LogP contribution < -0.4 is 10.6 Å². The third-order valence-corrected chi connectivity index (χ3v) is 2.86. The molecule has 1 aromatic carbocycles. The summed E-state index contributed by atoms with van der Waals surface area (Å²) in [7, 11) is 0. The van der Waals surface area contributed by atoms with Gasteiger partial charge in [-0.1, -0.05) is 0 Å². The number of benzene rings is 1. The highest BCUT2D eigenvalue weighted by Crippen LogP contribution is 2.20. The first-order valence-corrected chi connectivity index (χ1v) is 5.69. The Morgan fingerprint density at radius 1 is 1.37 bits per heavy atom. The van der Waals surface area contributed by atoms with Crippen molar-refractivity contribution in [1.82, 2.24) is 5.32 Å². The highest BCUT2D eigenvalue weighted by atomic mass is 19.2. The van der Waals surface area contributed by atoms with E-state index >= 15 is 0 Å². The minimum absolute atomic E-state index is 0.281. The molecule has 1 saturated heterocycles. The summed E-state index contributed by atoms with van der Waals surface area (Å²) in [5.41, 5.74) is -0.825. The Hall–Kier alpha value is -1.60. The van der Waals surface area contributed by atoms with Crippen LogP contribution in [0.1, 0.15) is 6.92 Å².